The van der Waals surface area contributed by atoms with Crippen molar-refractivity contribution >= 4 is 5.91 Å². The number of likely N-dealkylation sites (tertiary alicyclic amines) is 1. The molecule has 1 N–H and O–H groups in total. The van der Waals surface area contributed by atoms with E-state index in [1.165, 1.54) is 0 Å². The fourth-order valence-corrected chi connectivity index (χ4v) is 4.32. The summed E-state index contributed by atoms with van der Waals surface area (Å²) < 4.78 is 6.15. The van der Waals surface area contributed by atoms with Crippen LogP contribution in [0, 0.1) is 11.8 Å². The Balaban J connectivity index is 1.37. The van der Waals surface area contributed by atoms with Gasteiger partial charge in [-0.3, -0.25) is 9.69 Å². The molecule has 4 heterocycles. The number of piperidine rings is 1. The van der Waals surface area contributed by atoms with E-state index in [2.05, 4.69) is 21.8 Å². The van der Waals surface area contributed by atoms with Crippen LogP contribution in [0.5, 0.6) is 0 Å². The molecule has 3 saturated heterocycles. The lowest BCUT2D eigenvalue weighted by Gasteiger charge is -2.38. The molecule has 0 saturated carbocycles. The zero-order valence-electron chi connectivity index (χ0n) is 14.5. The molecule has 1 aromatic rings. The minimum atomic E-state index is 0.128. The number of carbonyl (C=O) groups is 1. The molecule has 6 nitrogen and oxygen atoms in total. The van der Waals surface area contributed by atoms with Crippen LogP contribution < -0.4 is 0 Å². The summed E-state index contributed by atoms with van der Waals surface area (Å²) in [7, 11) is 2.19. The van der Waals surface area contributed by atoms with Crippen molar-refractivity contribution < 1.29 is 9.53 Å². The first-order chi connectivity index (χ1) is 11.7. The van der Waals surface area contributed by atoms with Crippen LogP contribution in [0.4, 0.5) is 0 Å². The van der Waals surface area contributed by atoms with Crippen molar-refractivity contribution in [2.75, 3.05) is 59.5 Å². The summed E-state index contributed by atoms with van der Waals surface area (Å²) in [4.78, 5) is 22.6. The van der Waals surface area contributed by atoms with Crippen LogP contribution in [0.1, 0.15) is 16.9 Å². The van der Waals surface area contributed by atoms with Gasteiger partial charge < -0.3 is 19.5 Å². The molecule has 132 valence electrons. The Morgan fingerprint density at radius 1 is 1.29 bits per heavy atom. The van der Waals surface area contributed by atoms with Crippen LogP contribution in [-0.2, 0) is 4.74 Å². The van der Waals surface area contributed by atoms with Gasteiger partial charge in [0.1, 0.15) is 5.69 Å². The molecule has 0 unspecified atom stereocenters. The van der Waals surface area contributed by atoms with E-state index in [4.69, 9.17) is 4.74 Å². The number of fused-ring (bicyclic) bond motifs is 1. The molecule has 3 fully saturated rings. The van der Waals surface area contributed by atoms with E-state index in [9.17, 15) is 4.79 Å². The van der Waals surface area contributed by atoms with Gasteiger partial charge in [-0.15, -0.1) is 0 Å². The van der Waals surface area contributed by atoms with E-state index in [0.29, 0.717) is 17.5 Å². The van der Waals surface area contributed by atoms with Crippen molar-refractivity contribution in [3.8, 4) is 0 Å². The third-order valence-electron chi connectivity index (χ3n) is 5.96. The lowest BCUT2D eigenvalue weighted by molar-refractivity contribution is 0.0290. The molecule has 0 aromatic carbocycles. The number of nitrogens with one attached hydrogen (secondary N) is 1. The fraction of sp³-hybridized carbons (Fsp3) is 0.722. The highest BCUT2D eigenvalue weighted by Gasteiger charge is 2.42. The first kappa shape index (κ1) is 16.1. The summed E-state index contributed by atoms with van der Waals surface area (Å²) in [6.07, 6.45) is 3.16. The maximum atomic E-state index is 12.6. The average Bonchev–Trinajstić information content (AvgIpc) is 3.26. The number of carbonyl (C=O) groups excluding carboxylic acids is 1. The van der Waals surface area contributed by atoms with Gasteiger partial charge in [-0.2, -0.15) is 0 Å². The number of aromatic nitrogens is 1. The zero-order valence-corrected chi connectivity index (χ0v) is 14.5. The smallest absolute Gasteiger partial charge is 0.270 e. The molecule has 4 rings (SSSR count). The number of piperazine rings is 1. The Hall–Kier alpha value is -1.37. The molecule has 3 atom stereocenters. The van der Waals surface area contributed by atoms with E-state index in [1.807, 2.05) is 23.2 Å². The Bertz CT molecular complexity index is 553. The Morgan fingerprint density at radius 3 is 2.88 bits per heavy atom. The molecule has 3 aliphatic heterocycles. The molecule has 0 aliphatic carbocycles. The van der Waals surface area contributed by atoms with Crippen molar-refractivity contribution in [3.63, 3.8) is 0 Å². The summed E-state index contributed by atoms with van der Waals surface area (Å²) in [6.45, 7) is 8.09. The summed E-state index contributed by atoms with van der Waals surface area (Å²) in [6, 6.07) is 3.75. The van der Waals surface area contributed by atoms with Crippen LogP contribution in [0.3, 0.4) is 0 Å². The van der Waals surface area contributed by atoms with Crippen LogP contribution in [-0.4, -0.2) is 91.2 Å². The van der Waals surface area contributed by atoms with E-state index < -0.39 is 0 Å². The van der Waals surface area contributed by atoms with Crippen LogP contribution in [0.25, 0.3) is 0 Å². The van der Waals surface area contributed by atoms with Crippen molar-refractivity contribution in [2.24, 2.45) is 11.8 Å². The molecule has 1 amide bonds. The highest BCUT2D eigenvalue weighted by Crippen LogP contribution is 2.35. The fourth-order valence-electron chi connectivity index (χ4n) is 4.32. The van der Waals surface area contributed by atoms with Gasteiger partial charge in [0.15, 0.2) is 0 Å². The van der Waals surface area contributed by atoms with Gasteiger partial charge in [-0.1, -0.05) is 0 Å². The Morgan fingerprint density at radius 2 is 2.12 bits per heavy atom. The van der Waals surface area contributed by atoms with E-state index in [0.717, 1.165) is 58.8 Å². The highest BCUT2D eigenvalue weighted by molar-refractivity contribution is 5.92. The predicted octanol–water partition coefficient (Wildman–Crippen LogP) is 0.739. The first-order valence-electron chi connectivity index (χ1n) is 9.16. The van der Waals surface area contributed by atoms with Crippen molar-refractivity contribution in [1.82, 2.24) is 19.7 Å². The van der Waals surface area contributed by atoms with E-state index >= 15 is 0 Å². The first-order valence-corrected chi connectivity index (χ1v) is 9.16. The Labute approximate surface area is 143 Å². The topological polar surface area (TPSA) is 51.8 Å². The lowest BCUT2D eigenvalue weighted by Crippen LogP contribution is -2.50. The van der Waals surface area contributed by atoms with Gasteiger partial charge >= 0.3 is 0 Å². The van der Waals surface area contributed by atoms with Gasteiger partial charge in [0.05, 0.1) is 12.7 Å². The predicted molar refractivity (Wildman–Crippen MR) is 92.0 cm³/mol. The number of aromatic amines is 1. The maximum absolute atomic E-state index is 12.6. The van der Waals surface area contributed by atoms with Crippen LogP contribution >= 0.6 is 0 Å². The third-order valence-corrected chi connectivity index (χ3v) is 5.96. The number of rotatable bonds is 3. The number of hydrogen-bond donors (Lipinski definition) is 1. The number of ether oxygens (including phenoxy) is 1. The van der Waals surface area contributed by atoms with E-state index in [1.54, 1.807) is 0 Å². The molecule has 6 heteroatoms. The van der Waals surface area contributed by atoms with Gasteiger partial charge in [-0.25, -0.2) is 0 Å². The number of hydrogen-bond acceptors (Lipinski definition) is 4. The van der Waals surface area contributed by atoms with Crippen LogP contribution in [0.15, 0.2) is 18.3 Å². The van der Waals surface area contributed by atoms with Gasteiger partial charge in [0, 0.05) is 57.9 Å². The van der Waals surface area contributed by atoms with Crippen molar-refractivity contribution in [3.05, 3.63) is 24.0 Å². The molecular weight excluding hydrogens is 304 g/mol. The normalized spacial score (nSPS) is 32.0. The second-order valence-corrected chi connectivity index (χ2v) is 7.52. The lowest BCUT2D eigenvalue weighted by atomic mass is 9.84. The van der Waals surface area contributed by atoms with Crippen molar-refractivity contribution in [1.29, 1.82) is 0 Å². The van der Waals surface area contributed by atoms with Gasteiger partial charge in [-0.05, 0) is 31.5 Å². The largest absolute Gasteiger partial charge is 0.376 e. The quantitative estimate of drug-likeness (QED) is 0.887. The molecule has 0 spiro atoms. The molecule has 3 aliphatic rings. The molecule has 24 heavy (non-hydrogen) atoms. The summed E-state index contributed by atoms with van der Waals surface area (Å²) >= 11 is 0. The molecule has 0 radical (unpaired) electrons. The number of amides is 1. The number of likely N-dealkylation sites (N-methyl/N-ethyl adjacent to an activating group) is 1. The minimum Gasteiger partial charge on any atom is -0.376 e. The zero-order chi connectivity index (χ0) is 16.5. The van der Waals surface area contributed by atoms with Crippen molar-refractivity contribution in [2.45, 2.75) is 12.5 Å². The SMILES string of the molecule is CN1CCN(C[C@@H]2OC[C@H]3CCN(C(=O)c4ccc[nH]4)C[C@H]32)CC1. The van der Waals surface area contributed by atoms with Gasteiger partial charge in [0.2, 0.25) is 0 Å². The highest BCUT2D eigenvalue weighted by atomic mass is 16.5. The van der Waals surface area contributed by atoms with E-state index in [-0.39, 0.29) is 12.0 Å². The Kier molecular flexibility index (Phi) is 4.61. The average molecular weight is 332 g/mol. The third kappa shape index (κ3) is 3.23. The van der Waals surface area contributed by atoms with Gasteiger partial charge in [0.25, 0.3) is 5.91 Å². The summed E-state index contributed by atoms with van der Waals surface area (Å²) in [5.41, 5.74) is 0.697. The monoisotopic (exact) mass is 332 g/mol. The maximum Gasteiger partial charge on any atom is 0.270 e. The number of H-pyrrole nitrogens is 1. The van der Waals surface area contributed by atoms with Crippen LogP contribution in [0.2, 0.25) is 0 Å². The molecule has 1 aromatic heterocycles. The second-order valence-electron chi connectivity index (χ2n) is 7.52. The number of nitrogens with zero attached hydrogens (tertiary/aromatic N) is 3. The summed E-state index contributed by atoms with van der Waals surface area (Å²) in [5.74, 6) is 1.23. The molecule has 0 bridgehead atoms. The second kappa shape index (κ2) is 6.86. The summed E-state index contributed by atoms with van der Waals surface area (Å²) in [5, 5.41) is 0. The molecular formula is C18H28N4O2. The standard InChI is InChI=1S/C18H28N4O2/c1-20-7-9-21(10-8-20)12-17-15-11-22(6-4-14(15)13-24-17)18(23)16-3-2-5-19-16/h2-3,5,14-15,17,19H,4,6-13H2,1H3/t14-,15-,17+/m1/s1. The minimum absolute atomic E-state index is 0.128.